The van der Waals surface area contributed by atoms with Crippen molar-refractivity contribution < 1.29 is 23.9 Å². The van der Waals surface area contributed by atoms with Crippen molar-refractivity contribution in [2.75, 3.05) is 18.1 Å². The fourth-order valence-electron chi connectivity index (χ4n) is 6.35. The molecular weight excluding hydrogens is 384 g/mol. The number of nitrogens with zero attached hydrogens (tertiary/aromatic N) is 2. The Labute approximate surface area is 174 Å². The predicted octanol–water partition coefficient (Wildman–Crippen LogP) is 1.97. The number of carbonyl (C=O) groups excluding carboxylic acids is 3. The highest BCUT2D eigenvalue weighted by Crippen LogP contribution is 2.60. The van der Waals surface area contributed by atoms with E-state index in [-0.39, 0.29) is 36.5 Å². The lowest BCUT2D eigenvalue weighted by atomic mass is 9.73. The minimum Gasteiger partial charge on any atom is -0.466 e. The van der Waals surface area contributed by atoms with Gasteiger partial charge in [0, 0.05) is 18.7 Å². The fraction of sp³-hybridized carbons (Fsp3) is 0.522. The van der Waals surface area contributed by atoms with Crippen LogP contribution in [0.25, 0.3) is 0 Å². The predicted molar refractivity (Wildman–Crippen MR) is 106 cm³/mol. The lowest BCUT2D eigenvalue weighted by Crippen LogP contribution is -2.50. The van der Waals surface area contributed by atoms with Crippen molar-refractivity contribution >= 4 is 23.5 Å². The van der Waals surface area contributed by atoms with E-state index in [1.165, 1.54) is 0 Å². The summed E-state index contributed by atoms with van der Waals surface area (Å²) in [5, 5.41) is 0. The molecule has 3 fully saturated rings. The average Bonchev–Trinajstić information content (AvgIpc) is 3.49. The van der Waals surface area contributed by atoms with Crippen molar-refractivity contribution in [2.24, 2.45) is 11.8 Å². The molecule has 0 aromatic heterocycles. The number of fused-ring (bicyclic) bond motifs is 4. The molecule has 3 saturated heterocycles. The number of esters is 1. The van der Waals surface area contributed by atoms with Gasteiger partial charge in [0.25, 0.3) is 0 Å². The van der Waals surface area contributed by atoms with Crippen LogP contribution in [-0.4, -0.2) is 53.6 Å². The molecule has 1 spiro atoms. The third-order valence-electron chi connectivity index (χ3n) is 7.47. The van der Waals surface area contributed by atoms with Crippen LogP contribution >= 0.6 is 0 Å². The van der Waals surface area contributed by atoms with Crippen molar-refractivity contribution in [3.05, 3.63) is 42.0 Å². The monoisotopic (exact) mass is 408 g/mol. The van der Waals surface area contributed by atoms with Crippen LogP contribution in [0.5, 0.6) is 0 Å². The van der Waals surface area contributed by atoms with Crippen molar-refractivity contribution in [2.45, 2.75) is 50.0 Å². The summed E-state index contributed by atoms with van der Waals surface area (Å²) < 4.78 is 11.7. The summed E-state index contributed by atoms with van der Waals surface area (Å²) in [5.74, 6) is -1.49. The topological polar surface area (TPSA) is 76.2 Å². The lowest BCUT2D eigenvalue weighted by molar-refractivity contribution is -0.151. The summed E-state index contributed by atoms with van der Waals surface area (Å²) in [6.45, 7) is 2.78. The molecular formula is C23H24N2O5. The summed E-state index contributed by atoms with van der Waals surface area (Å²) in [6.07, 6.45) is 5.51. The Hall–Kier alpha value is -2.67. The standard InChI is InChI=1S/C23H24N2O5/c1-2-29-22(28)19-16-9-10-23(30-16)17-12-15(24-11-5-8-18(24)26)13-6-3-4-7-14(13)25(17)21(27)20(19)23/h3-4,6-7,9-10,15-17,19-20H,2,5,8,11-12H2,1H3/t15-,16+,17-,19+,20-,23+/m0/s1. The summed E-state index contributed by atoms with van der Waals surface area (Å²) in [6, 6.07) is 7.49. The molecule has 2 bridgehead atoms. The lowest BCUT2D eigenvalue weighted by Gasteiger charge is -2.43. The van der Waals surface area contributed by atoms with E-state index in [1.807, 2.05) is 46.2 Å². The maximum absolute atomic E-state index is 13.7. The molecule has 5 heterocycles. The van der Waals surface area contributed by atoms with Crippen LogP contribution in [0.15, 0.2) is 36.4 Å². The molecule has 156 valence electrons. The van der Waals surface area contributed by atoms with Gasteiger partial charge in [0.1, 0.15) is 11.5 Å². The molecule has 1 aromatic carbocycles. The number of amides is 2. The maximum atomic E-state index is 13.7. The zero-order valence-corrected chi connectivity index (χ0v) is 16.8. The largest absolute Gasteiger partial charge is 0.466 e. The van der Waals surface area contributed by atoms with Gasteiger partial charge >= 0.3 is 5.97 Å². The molecule has 5 aliphatic heterocycles. The van der Waals surface area contributed by atoms with Gasteiger partial charge < -0.3 is 19.3 Å². The second kappa shape index (κ2) is 6.17. The van der Waals surface area contributed by atoms with E-state index in [0.717, 1.165) is 24.2 Å². The van der Waals surface area contributed by atoms with Gasteiger partial charge in [-0.3, -0.25) is 14.4 Å². The first-order valence-corrected chi connectivity index (χ1v) is 10.8. The molecule has 7 heteroatoms. The first-order valence-electron chi connectivity index (χ1n) is 10.8. The fourth-order valence-corrected chi connectivity index (χ4v) is 6.35. The van der Waals surface area contributed by atoms with Gasteiger partial charge in [0.15, 0.2) is 0 Å². The number of para-hydroxylation sites is 1. The first kappa shape index (κ1) is 18.1. The van der Waals surface area contributed by atoms with Crippen LogP contribution in [0.2, 0.25) is 0 Å². The summed E-state index contributed by atoms with van der Waals surface area (Å²) >= 11 is 0. The molecule has 2 amide bonds. The van der Waals surface area contributed by atoms with Gasteiger partial charge in [0.2, 0.25) is 11.8 Å². The molecule has 7 nitrogen and oxygen atoms in total. The highest BCUT2D eigenvalue weighted by atomic mass is 16.6. The van der Waals surface area contributed by atoms with Crippen LogP contribution in [0, 0.1) is 11.8 Å². The molecule has 0 saturated carbocycles. The Morgan fingerprint density at radius 1 is 1.30 bits per heavy atom. The molecule has 6 rings (SSSR count). The number of rotatable bonds is 3. The van der Waals surface area contributed by atoms with E-state index >= 15 is 0 Å². The number of likely N-dealkylation sites (tertiary alicyclic amines) is 1. The van der Waals surface area contributed by atoms with Crippen molar-refractivity contribution in [1.82, 2.24) is 4.90 Å². The number of hydrogen-bond acceptors (Lipinski definition) is 5. The highest BCUT2D eigenvalue weighted by molar-refractivity contribution is 6.04. The van der Waals surface area contributed by atoms with Crippen LogP contribution in [0.4, 0.5) is 5.69 Å². The highest BCUT2D eigenvalue weighted by Gasteiger charge is 2.72. The van der Waals surface area contributed by atoms with E-state index in [4.69, 9.17) is 9.47 Å². The number of ether oxygens (including phenoxy) is 2. The van der Waals surface area contributed by atoms with E-state index in [0.29, 0.717) is 12.8 Å². The third kappa shape index (κ3) is 2.11. The molecule has 0 radical (unpaired) electrons. The van der Waals surface area contributed by atoms with Crippen LogP contribution < -0.4 is 4.90 Å². The van der Waals surface area contributed by atoms with Gasteiger partial charge in [-0.05, 0) is 31.4 Å². The number of carbonyl (C=O) groups is 3. The minimum atomic E-state index is -0.840. The van der Waals surface area contributed by atoms with Crippen molar-refractivity contribution in [3.8, 4) is 0 Å². The second-order valence-electron chi connectivity index (χ2n) is 8.78. The molecule has 5 aliphatic rings. The quantitative estimate of drug-likeness (QED) is 0.565. The Bertz CT molecular complexity index is 990. The van der Waals surface area contributed by atoms with Gasteiger partial charge in [-0.2, -0.15) is 0 Å². The number of hydrogen-bond donors (Lipinski definition) is 0. The molecule has 0 unspecified atom stereocenters. The zero-order chi connectivity index (χ0) is 20.6. The van der Waals surface area contributed by atoms with Crippen LogP contribution in [0.3, 0.4) is 0 Å². The number of benzene rings is 1. The van der Waals surface area contributed by atoms with Gasteiger partial charge in [-0.15, -0.1) is 0 Å². The summed E-state index contributed by atoms with van der Waals surface area (Å²) in [5.41, 5.74) is 0.989. The van der Waals surface area contributed by atoms with Crippen molar-refractivity contribution in [1.29, 1.82) is 0 Å². The first-order chi connectivity index (χ1) is 14.6. The molecule has 6 atom stereocenters. The van der Waals surface area contributed by atoms with E-state index in [1.54, 1.807) is 6.92 Å². The Morgan fingerprint density at radius 3 is 2.90 bits per heavy atom. The van der Waals surface area contributed by atoms with E-state index in [2.05, 4.69) is 0 Å². The third-order valence-corrected chi connectivity index (χ3v) is 7.47. The minimum absolute atomic E-state index is 0.0800. The molecule has 1 aromatic rings. The van der Waals surface area contributed by atoms with Gasteiger partial charge in [-0.1, -0.05) is 30.4 Å². The Kier molecular flexibility index (Phi) is 3.73. The maximum Gasteiger partial charge on any atom is 0.312 e. The van der Waals surface area contributed by atoms with E-state index < -0.39 is 23.5 Å². The Morgan fingerprint density at radius 2 is 2.13 bits per heavy atom. The van der Waals surface area contributed by atoms with Crippen LogP contribution in [-0.2, 0) is 23.9 Å². The molecule has 0 N–H and O–H groups in total. The van der Waals surface area contributed by atoms with E-state index in [9.17, 15) is 14.4 Å². The Balaban J connectivity index is 1.46. The van der Waals surface area contributed by atoms with Crippen LogP contribution in [0.1, 0.15) is 37.8 Å². The zero-order valence-electron chi connectivity index (χ0n) is 16.8. The second-order valence-corrected chi connectivity index (χ2v) is 8.78. The normalized spacial score (nSPS) is 38.1. The van der Waals surface area contributed by atoms with Gasteiger partial charge in [0.05, 0.1) is 30.7 Å². The molecule has 0 aliphatic carbocycles. The van der Waals surface area contributed by atoms with Crippen molar-refractivity contribution in [3.63, 3.8) is 0 Å². The molecule has 30 heavy (non-hydrogen) atoms. The number of anilines is 1. The SMILES string of the molecule is CCOC(=O)[C@H]1[C@H]2C(=O)N3c4ccccc4[C@@H](N4CCCC4=O)C[C@H]3[C@]23C=C[C@H]1O3. The summed E-state index contributed by atoms with van der Waals surface area (Å²) in [4.78, 5) is 42.8. The van der Waals surface area contributed by atoms with Gasteiger partial charge in [-0.25, -0.2) is 0 Å². The smallest absolute Gasteiger partial charge is 0.312 e. The average molecular weight is 408 g/mol. The summed E-state index contributed by atoms with van der Waals surface area (Å²) in [7, 11) is 0.